The first-order valence-electron chi connectivity index (χ1n) is 7.44. The Kier molecular flexibility index (Phi) is 5.08. The topological polar surface area (TPSA) is 102 Å². The molecule has 1 aromatic rings. The smallest absolute Gasteiger partial charge is 0.239 e. The Morgan fingerprint density at radius 2 is 2.32 bits per heavy atom. The highest BCUT2D eigenvalue weighted by Crippen LogP contribution is 2.44. The van der Waals surface area contributed by atoms with Crippen molar-refractivity contribution in [1.29, 1.82) is 0 Å². The number of amides is 2. The first-order chi connectivity index (χ1) is 10.1. The summed E-state index contributed by atoms with van der Waals surface area (Å²) in [5.74, 6) is 0.481. The predicted octanol–water partition coefficient (Wildman–Crippen LogP) is 0.508. The highest BCUT2D eigenvalue weighted by molar-refractivity contribution is 5.95. The molecule has 0 radical (unpaired) electrons. The number of nitrogens with zero attached hydrogens (tertiary/aromatic N) is 2. The van der Waals surface area contributed by atoms with E-state index in [0.29, 0.717) is 11.7 Å². The lowest BCUT2D eigenvalue weighted by molar-refractivity contribution is -0.128. The van der Waals surface area contributed by atoms with Gasteiger partial charge < -0.3 is 16.4 Å². The third kappa shape index (κ3) is 3.10. The molecule has 3 rings (SSSR count). The third-order valence-corrected chi connectivity index (χ3v) is 4.69. The molecule has 1 aromatic heterocycles. The maximum absolute atomic E-state index is 12.7. The number of hydrogen-bond acceptors (Lipinski definition) is 4. The molecule has 0 spiro atoms. The van der Waals surface area contributed by atoms with E-state index in [2.05, 4.69) is 15.7 Å². The fourth-order valence-electron chi connectivity index (χ4n) is 3.61. The SMILES string of the molecule is Cl.NC(=O)Cn1ccc(NC(=O)[C@@]23CCCC[C@H]2CNC3)n1. The van der Waals surface area contributed by atoms with Crippen LogP contribution in [-0.2, 0) is 16.1 Å². The average Bonchev–Trinajstić information content (AvgIpc) is 3.05. The molecule has 22 heavy (non-hydrogen) atoms. The number of rotatable bonds is 4. The first kappa shape index (κ1) is 16.8. The summed E-state index contributed by atoms with van der Waals surface area (Å²) < 4.78 is 1.43. The van der Waals surface area contributed by atoms with Crippen molar-refractivity contribution < 1.29 is 9.59 Å². The van der Waals surface area contributed by atoms with Crippen LogP contribution in [0.2, 0.25) is 0 Å². The van der Waals surface area contributed by atoms with E-state index < -0.39 is 5.91 Å². The van der Waals surface area contributed by atoms with Gasteiger partial charge in [-0.25, -0.2) is 0 Å². The van der Waals surface area contributed by atoms with Gasteiger partial charge in [0.25, 0.3) is 0 Å². The summed E-state index contributed by atoms with van der Waals surface area (Å²) in [7, 11) is 0. The number of nitrogens with two attached hydrogens (primary N) is 1. The maximum Gasteiger partial charge on any atom is 0.239 e. The van der Waals surface area contributed by atoms with E-state index in [1.165, 1.54) is 11.1 Å². The van der Waals surface area contributed by atoms with E-state index >= 15 is 0 Å². The number of anilines is 1. The van der Waals surface area contributed by atoms with Gasteiger partial charge in [-0.15, -0.1) is 12.4 Å². The number of carbonyl (C=O) groups excluding carboxylic acids is 2. The van der Waals surface area contributed by atoms with E-state index in [1.54, 1.807) is 12.3 Å². The highest BCUT2D eigenvalue weighted by Gasteiger charge is 2.49. The summed E-state index contributed by atoms with van der Waals surface area (Å²) >= 11 is 0. The molecule has 0 unspecified atom stereocenters. The molecule has 2 amide bonds. The minimum Gasteiger partial charge on any atom is -0.368 e. The monoisotopic (exact) mass is 327 g/mol. The second-order valence-corrected chi connectivity index (χ2v) is 6.05. The van der Waals surface area contributed by atoms with Gasteiger partial charge in [-0.2, -0.15) is 5.10 Å². The molecule has 0 aromatic carbocycles. The average molecular weight is 328 g/mol. The third-order valence-electron chi connectivity index (χ3n) is 4.69. The molecule has 4 N–H and O–H groups in total. The van der Waals surface area contributed by atoms with Crippen molar-refractivity contribution in [2.45, 2.75) is 32.2 Å². The second kappa shape index (κ2) is 6.66. The Morgan fingerprint density at radius 1 is 1.50 bits per heavy atom. The van der Waals surface area contributed by atoms with Crippen LogP contribution in [-0.4, -0.2) is 34.7 Å². The minimum absolute atomic E-state index is 0. The normalized spacial score (nSPS) is 26.8. The molecule has 1 aliphatic carbocycles. The first-order valence-corrected chi connectivity index (χ1v) is 7.44. The quantitative estimate of drug-likeness (QED) is 0.749. The molecule has 0 bridgehead atoms. The summed E-state index contributed by atoms with van der Waals surface area (Å²) in [5, 5.41) is 10.4. The number of aromatic nitrogens is 2. The van der Waals surface area contributed by atoms with E-state index in [9.17, 15) is 9.59 Å². The van der Waals surface area contributed by atoms with Crippen molar-refractivity contribution in [3.8, 4) is 0 Å². The minimum atomic E-state index is -0.457. The van der Waals surface area contributed by atoms with Gasteiger partial charge in [-0.1, -0.05) is 12.8 Å². The number of fused-ring (bicyclic) bond motifs is 1. The maximum atomic E-state index is 12.7. The molecule has 1 aliphatic heterocycles. The van der Waals surface area contributed by atoms with E-state index in [0.717, 1.165) is 32.4 Å². The second-order valence-electron chi connectivity index (χ2n) is 6.05. The predicted molar refractivity (Wildman–Crippen MR) is 84.6 cm³/mol. The zero-order valence-electron chi connectivity index (χ0n) is 12.4. The Bertz CT molecular complexity index is 561. The number of carbonyl (C=O) groups is 2. The summed E-state index contributed by atoms with van der Waals surface area (Å²) in [6.45, 7) is 1.68. The van der Waals surface area contributed by atoms with Crippen molar-refractivity contribution in [3.05, 3.63) is 12.3 Å². The zero-order chi connectivity index (χ0) is 14.9. The summed E-state index contributed by atoms with van der Waals surface area (Å²) in [6.07, 6.45) is 5.98. The van der Waals surface area contributed by atoms with Gasteiger partial charge in [0.2, 0.25) is 11.8 Å². The van der Waals surface area contributed by atoms with Crippen LogP contribution in [0.25, 0.3) is 0 Å². The van der Waals surface area contributed by atoms with Crippen LogP contribution in [0.4, 0.5) is 5.82 Å². The van der Waals surface area contributed by atoms with Gasteiger partial charge in [0.15, 0.2) is 5.82 Å². The van der Waals surface area contributed by atoms with Gasteiger partial charge in [-0.3, -0.25) is 14.3 Å². The molecule has 1 saturated heterocycles. The van der Waals surface area contributed by atoms with Crippen LogP contribution >= 0.6 is 12.4 Å². The molecule has 2 heterocycles. The van der Waals surface area contributed by atoms with Gasteiger partial charge in [0.1, 0.15) is 6.54 Å². The lowest BCUT2D eigenvalue weighted by Crippen LogP contribution is -2.44. The highest BCUT2D eigenvalue weighted by atomic mass is 35.5. The molecular formula is C14H22ClN5O2. The van der Waals surface area contributed by atoms with Gasteiger partial charge >= 0.3 is 0 Å². The molecular weight excluding hydrogens is 306 g/mol. The summed E-state index contributed by atoms with van der Waals surface area (Å²) in [5.41, 5.74) is 4.83. The van der Waals surface area contributed by atoms with E-state index in [4.69, 9.17) is 5.73 Å². The van der Waals surface area contributed by atoms with E-state index in [-0.39, 0.29) is 30.3 Å². The molecule has 8 heteroatoms. The van der Waals surface area contributed by atoms with Crippen molar-refractivity contribution in [2.24, 2.45) is 17.1 Å². The Labute approximate surface area is 135 Å². The van der Waals surface area contributed by atoms with Crippen LogP contribution in [0.5, 0.6) is 0 Å². The largest absolute Gasteiger partial charge is 0.368 e. The number of primary amides is 1. The van der Waals surface area contributed by atoms with Crippen LogP contribution in [0, 0.1) is 11.3 Å². The summed E-state index contributed by atoms with van der Waals surface area (Å²) in [6, 6.07) is 1.69. The number of nitrogens with one attached hydrogen (secondary N) is 2. The molecule has 2 fully saturated rings. The molecule has 2 aliphatic rings. The van der Waals surface area contributed by atoms with Crippen LogP contribution in [0.3, 0.4) is 0 Å². The fourth-order valence-corrected chi connectivity index (χ4v) is 3.61. The molecule has 1 saturated carbocycles. The standard InChI is InChI=1S/C14H21N5O2.ClH/c15-11(20)8-19-6-4-12(18-19)17-13(21)14-5-2-1-3-10(14)7-16-9-14;/h4,6,10,16H,1-3,5,7-9H2,(H2,15,20)(H,17,18,21);1H/t10-,14+;/m0./s1. The van der Waals surface area contributed by atoms with Crippen molar-refractivity contribution in [2.75, 3.05) is 18.4 Å². The number of halogens is 1. The molecule has 2 atom stereocenters. The van der Waals surface area contributed by atoms with Gasteiger partial charge in [-0.05, 0) is 25.3 Å². The summed E-state index contributed by atoms with van der Waals surface area (Å²) in [4.78, 5) is 23.6. The molecule has 122 valence electrons. The Morgan fingerprint density at radius 3 is 3.09 bits per heavy atom. The van der Waals surface area contributed by atoms with Crippen LogP contribution in [0.1, 0.15) is 25.7 Å². The fraction of sp³-hybridized carbons (Fsp3) is 0.643. The van der Waals surface area contributed by atoms with Crippen molar-refractivity contribution in [3.63, 3.8) is 0 Å². The molecule has 7 nitrogen and oxygen atoms in total. The van der Waals surface area contributed by atoms with Gasteiger partial charge in [0, 0.05) is 18.8 Å². The van der Waals surface area contributed by atoms with Crippen LogP contribution in [0.15, 0.2) is 12.3 Å². The van der Waals surface area contributed by atoms with E-state index in [1.807, 2.05) is 0 Å². The lowest BCUT2D eigenvalue weighted by atomic mass is 9.67. The Hall–Kier alpha value is -1.60. The number of hydrogen-bond donors (Lipinski definition) is 3. The van der Waals surface area contributed by atoms with Crippen LogP contribution < -0.4 is 16.4 Å². The Balaban J connectivity index is 0.00000176. The zero-order valence-corrected chi connectivity index (χ0v) is 13.2. The lowest BCUT2D eigenvalue weighted by Gasteiger charge is -2.36. The van der Waals surface area contributed by atoms with Gasteiger partial charge in [0.05, 0.1) is 5.41 Å². The van der Waals surface area contributed by atoms with Crippen molar-refractivity contribution >= 4 is 30.0 Å². The van der Waals surface area contributed by atoms with Crippen molar-refractivity contribution in [1.82, 2.24) is 15.1 Å².